The van der Waals surface area contributed by atoms with E-state index in [0.29, 0.717) is 5.46 Å². The number of benzene rings is 1. The Kier molecular flexibility index (Phi) is 2.24. The van der Waals surface area contributed by atoms with E-state index in [1.807, 2.05) is 0 Å². The zero-order chi connectivity index (χ0) is 11.0. The normalized spacial score (nSPS) is 13.8. The van der Waals surface area contributed by atoms with Crippen molar-refractivity contribution in [1.82, 2.24) is 0 Å². The molecule has 1 aromatic rings. The third kappa shape index (κ3) is 1.40. The molecular weight excluding hydrogens is 204 g/mol. The lowest BCUT2D eigenvalue weighted by Crippen LogP contribution is -2.26. The molecule has 0 aliphatic carbocycles. The van der Waals surface area contributed by atoms with Gasteiger partial charge in [0.15, 0.2) is 0 Å². The van der Waals surface area contributed by atoms with Gasteiger partial charge in [0, 0.05) is 5.56 Å². The van der Waals surface area contributed by atoms with E-state index in [-0.39, 0.29) is 12.2 Å². The Bertz CT molecular complexity index is 451. The summed E-state index contributed by atoms with van der Waals surface area (Å²) in [5.74, 6) is -2.20. The van der Waals surface area contributed by atoms with Crippen molar-refractivity contribution >= 4 is 18.5 Å². The fourth-order valence-corrected chi connectivity index (χ4v) is 1.52. The van der Waals surface area contributed by atoms with E-state index in [1.54, 1.807) is 0 Å². The Morgan fingerprint density at radius 3 is 2.93 bits per heavy atom. The maximum Gasteiger partial charge on any atom is 0.520 e. The molecule has 0 atom stereocenters. The smallest absolute Gasteiger partial charge is 0.478 e. The van der Waals surface area contributed by atoms with Crippen LogP contribution < -0.4 is 5.46 Å². The summed E-state index contributed by atoms with van der Waals surface area (Å²) < 4.78 is 18.4. The summed E-state index contributed by atoms with van der Waals surface area (Å²) in [5.41, 5.74) is -0.0316. The quantitative estimate of drug-likeness (QED) is 0.568. The summed E-state index contributed by atoms with van der Waals surface area (Å²) in [7, 11) is -1.03. The van der Waals surface area contributed by atoms with Crippen molar-refractivity contribution in [2.45, 2.75) is 6.61 Å². The minimum atomic E-state index is -1.35. The summed E-state index contributed by atoms with van der Waals surface area (Å²) in [6.07, 6.45) is 0. The highest BCUT2D eigenvalue weighted by Gasteiger charge is 2.34. The lowest BCUT2D eigenvalue weighted by atomic mass is 9.75. The summed E-state index contributed by atoms with van der Waals surface area (Å²) in [6.45, 7) is -0.126. The van der Waals surface area contributed by atoms with Crippen LogP contribution in [0.2, 0.25) is 0 Å². The maximum absolute atomic E-state index is 13.5. The molecule has 2 rings (SSSR count). The highest BCUT2D eigenvalue weighted by Crippen LogP contribution is 2.18. The SMILES string of the molecule is O=NB1OCc2c1ccc(C(=O)O)c2F. The van der Waals surface area contributed by atoms with Crippen molar-refractivity contribution in [2.75, 3.05) is 0 Å². The van der Waals surface area contributed by atoms with E-state index >= 15 is 0 Å². The van der Waals surface area contributed by atoms with Crippen LogP contribution in [0, 0.1) is 10.7 Å². The highest BCUT2D eigenvalue weighted by atomic mass is 19.1. The lowest BCUT2D eigenvalue weighted by molar-refractivity contribution is 0.0691. The van der Waals surface area contributed by atoms with Crippen LogP contribution in [0.5, 0.6) is 0 Å². The van der Waals surface area contributed by atoms with E-state index in [4.69, 9.17) is 9.76 Å². The molecule has 7 heteroatoms. The second-order valence-electron chi connectivity index (χ2n) is 3.07. The first-order valence-corrected chi connectivity index (χ1v) is 4.13. The van der Waals surface area contributed by atoms with E-state index in [1.165, 1.54) is 6.07 Å². The van der Waals surface area contributed by atoms with Crippen molar-refractivity contribution in [2.24, 2.45) is 5.09 Å². The Morgan fingerprint density at radius 1 is 1.60 bits per heavy atom. The van der Waals surface area contributed by atoms with Crippen LogP contribution in [0.25, 0.3) is 0 Å². The predicted molar refractivity (Wildman–Crippen MR) is 49.3 cm³/mol. The first kappa shape index (κ1) is 9.79. The molecule has 0 saturated heterocycles. The van der Waals surface area contributed by atoms with Crippen LogP contribution in [0.4, 0.5) is 4.39 Å². The van der Waals surface area contributed by atoms with Gasteiger partial charge in [-0.15, -0.1) is 0 Å². The summed E-state index contributed by atoms with van der Waals surface area (Å²) in [5, 5.41) is 11.3. The van der Waals surface area contributed by atoms with Gasteiger partial charge in [0.05, 0.1) is 12.2 Å². The third-order valence-electron chi connectivity index (χ3n) is 2.26. The van der Waals surface area contributed by atoms with Gasteiger partial charge < -0.3 is 9.76 Å². The molecule has 15 heavy (non-hydrogen) atoms. The van der Waals surface area contributed by atoms with Gasteiger partial charge in [-0.25, -0.2) is 9.18 Å². The second-order valence-corrected chi connectivity index (χ2v) is 3.07. The van der Waals surface area contributed by atoms with Gasteiger partial charge in [-0.1, -0.05) is 11.2 Å². The Morgan fingerprint density at radius 2 is 2.33 bits per heavy atom. The zero-order valence-corrected chi connectivity index (χ0v) is 7.44. The fourth-order valence-electron chi connectivity index (χ4n) is 1.52. The van der Waals surface area contributed by atoms with Gasteiger partial charge in [0.25, 0.3) is 0 Å². The van der Waals surface area contributed by atoms with Crippen molar-refractivity contribution < 1.29 is 18.9 Å². The molecule has 0 saturated carbocycles. The molecule has 1 aromatic carbocycles. The highest BCUT2D eigenvalue weighted by molar-refractivity contribution is 6.67. The van der Waals surface area contributed by atoms with Crippen LogP contribution in [-0.2, 0) is 11.3 Å². The zero-order valence-electron chi connectivity index (χ0n) is 7.44. The first-order chi connectivity index (χ1) is 7.15. The summed E-state index contributed by atoms with van der Waals surface area (Å²) in [6, 6.07) is 2.45. The molecule has 0 bridgehead atoms. The predicted octanol–water partition coefficient (Wildman–Crippen LogP) is 0.516. The van der Waals surface area contributed by atoms with Gasteiger partial charge in [-0.05, 0) is 11.5 Å². The summed E-state index contributed by atoms with van der Waals surface area (Å²) >= 11 is 0. The average Bonchev–Trinajstić information content (AvgIpc) is 2.61. The average molecular weight is 209 g/mol. The van der Waals surface area contributed by atoms with E-state index in [2.05, 4.69) is 5.09 Å². The number of nitroso groups, excluding NO2 is 1. The van der Waals surface area contributed by atoms with E-state index in [9.17, 15) is 14.1 Å². The molecule has 1 heterocycles. The molecular formula is C8H5BFNO4. The second kappa shape index (κ2) is 3.43. The minimum Gasteiger partial charge on any atom is -0.478 e. The maximum atomic E-state index is 13.5. The van der Waals surface area contributed by atoms with Gasteiger partial charge in [-0.2, -0.15) is 4.91 Å². The van der Waals surface area contributed by atoms with Crippen LogP contribution >= 0.6 is 0 Å². The van der Waals surface area contributed by atoms with Crippen molar-refractivity contribution in [3.8, 4) is 0 Å². The van der Waals surface area contributed by atoms with Crippen molar-refractivity contribution in [3.63, 3.8) is 0 Å². The molecule has 0 unspecified atom stereocenters. The van der Waals surface area contributed by atoms with Crippen molar-refractivity contribution in [3.05, 3.63) is 34.0 Å². The van der Waals surface area contributed by atoms with Gasteiger partial charge in [0.2, 0.25) is 0 Å². The molecule has 1 aliphatic rings. The summed E-state index contributed by atoms with van der Waals surface area (Å²) in [4.78, 5) is 20.9. The number of carboxylic acids is 1. The number of halogens is 1. The molecule has 76 valence electrons. The Hall–Kier alpha value is -1.76. The fraction of sp³-hybridized carbons (Fsp3) is 0.125. The lowest BCUT2D eigenvalue weighted by Gasteiger charge is -2.02. The number of fused-ring (bicyclic) bond motifs is 1. The van der Waals surface area contributed by atoms with Gasteiger partial charge in [0.1, 0.15) is 5.82 Å². The van der Waals surface area contributed by atoms with Crippen LogP contribution in [0.15, 0.2) is 17.2 Å². The number of nitrogens with zero attached hydrogens (tertiary/aromatic N) is 1. The number of carbonyl (C=O) groups is 1. The van der Waals surface area contributed by atoms with Crippen LogP contribution in [0.3, 0.4) is 0 Å². The molecule has 0 spiro atoms. The first-order valence-electron chi connectivity index (χ1n) is 4.13. The number of aromatic carboxylic acids is 1. The van der Waals surface area contributed by atoms with E-state index < -0.39 is 24.4 Å². The third-order valence-corrected chi connectivity index (χ3v) is 2.26. The molecule has 5 nitrogen and oxygen atoms in total. The topological polar surface area (TPSA) is 76.0 Å². The van der Waals surface area contributed by atoms with E-state index in [0.717, 1.165) is 6.07 Å². The Labute approximate surface area is 84.0 Å². The monoisotopic (exact) mass is 209 g/mol. The number of hydrogen-bond acceptors (Lipinski definition) is 4. The van der Waals surface area contributed by atoms with Crippen LogP contribution in [0.1, 0.15) is 15.9 Å². The molecule has 1 N–H and O–H groups in total. The largest absolute Gasteiger partial charge is 0.520 e. The molecule has 0 aromatic heterocycles. The number of carboxylic acid groups (broad SMARTS) is 1. The van der Waals surface area contributed by atoms with Gasteiger partial charge >= 0.3 is 13.0 Å². The number of hydrogen-bond donors (Lipinski definition) is 1. The molecule has 0 radical (unpaired) electrons. The van der Waals surface area contributed by atoms with Gasteiger partial charge in [-0.3, -0.25) is 0 Å². The molecule has 1 aliphatic heterocycles. The Balaban J connectivity index is 2.56. The van der Waals surface area contributed by atoms with Crippen molar-refractivity contribution in [1.29, 1.82) is 0 Å². The number of rotatable bonds is 2. The van der Waals surface area contributed by atoms with Crippen LogP contribution in [-0.4, -0.2) is 18.1 Å². The standard InChI is InChI=1S/C8H5BFNO4/c10-7-4(8(12)13)1-2-6-5(7)3-15-9(6)11-14/h1-2H,3H2,(H,12,13). The molecule has 0 fully saturated rings. The minimum absolute atomic E-state index is 0.0968. The molecule has 0 amide bonds.